The number of hydrogen-bond donors (Lipinski definition) is 0. The van der Waals surface area contributed by atoms with Crippen LogP contribution in [0.2, 0.25) is 0 Å². The van der Waals surface area contributed by atoms with Gasteiger partial charge in [0.15, 0.2) is 5.69 Å². The molecule has 4 heteroatoms. The van der Waals surface area contributed by atoms with Crippen LogP contribution in [-0.4, -0.2) is 25.5 Å². The summed E-state index contributed by atoms with van der Waals surface area (Å²) < 4.78 is 19.6. The van der Waals surface area contributed by atoms with Crippen LogP contribution in [0, 0.1) is 12.4 Å². The van der Waals surface area contributed by atoms with Crippen LogP contribution in [0.25, 0.3) is 4.85 Å². The maximum atomic E-state index is 13.4. The Hall–Kier alpha value is -2.22. The smallest absolute Gasteiger partial charge is 0.187 e. The van der Waals surface area contributed by atoms with Crippen molar-refractivity contribution in [1.82, 2.24) is 4.90 Å². The monoisotopic (exact) mass is 324 g/mol. The van der Waals surface area contributed by atoms with Crippen molar-refractivity contribution in [1.29, 1.82) is 0 Å². The Balaban J connectivity index is 2.02. The third kappa shape index (κ3) is 3.06. The van der Waals surface area contributed by atoms with E-state index in [1.807, 2.05) is 30.3 Å². The van der Waals surface area contributed by atoms with Crippen molar-refractivity contribution >= 4 is 5.69 Å². The van der Waals surface area contributed by atoms with E-state index in [1.165, 1.54) is 12.1 Å². The van der Waals surface area contributed by atoms with Gasteiger partial charge < -0.3 is 9.64 Å². The number of benzene rings is 2. The second-order valence-electron chi connectivity index (χ2n) is 6.48. The summed E-state index contributed by atoms with van der Waals surface area (Å²) in [5.41, 5.74) is 3.19. The third-order valence-corrected chi connectivity index (χ3v) is 4.57. The van der Waals surface area contributed by atoms with Gasteiger partial charge in [-0.25, -0.2) is 9.24 Å². The van der Waals surface area contributed by atoms with Gasteiger partial charge in [0, 0.05) is 0 Å². The summed E-state index contributed by atoms with van der Waals surface area (Å²) in [4.78, 5) is 5.65. The van der Waals surface area contributed by atoms with Gasteiger partial charge in [-0.1, -0.05) is 30.3 Å². The highest BCUT2D eigenvalue weighted by molar-refractivity contribution is 5.54. The van der Waals surface area contributed by atoms with E-state index in [0.717, 1.165) is 36.1 Å². The van der Waals surface area contributed by atoms with Crippen molar-refractivity contribution in [3.63, 3.8) is 0 Å². The summed E-state index contributed by atoms with van der Waals surface area (Å²) in [6.45, 7) is 8.63. The molecular formula is C20H21FN2O. The zero-order chi connectivity index (χ0) is 17.2. The summed E-state index contributed by atoms with van der Waals surface area (Å²) >= 11 is 0. The predicted octanol–water partition coefficient (Wildman–Crippen LogP) is 4.49. The van der Waals surface area contributed by atoms with E-state index in [-0.39, 0.29) is 5.82 Å². The molecule has 0 amide bonds. The first kappa shape index (κ1) is 16.6. The lowest BCUT2D eigenvalue weighted by atomic mass is 9.82. The molecule has 0 N–H and O–H groups in total. The van der Waals surface area contributed by atoms with Crippen LogP contribution in [-0.2, 0) is 16.9 Å². The number of fused-ring (bicyclic) bond motifs is 1. The van der Waals surface area contributed by atoms with Gasteiger partial charge in [-0.3, -0.25) is 0 Å². The van der Waals surface area contributed by atoms with Gasteiger partial charge in [0.2, 0.25) is 0 Å². The van der Waals surface area contributed by atoms with E-state index >= 15 is 0 Å². The molecule has 0 bridgehead atoms. The largest absolute Gasteiger partial charge is 0.361 e. The normalized spacial score (nSPS) is 19.3. The number of rotatable bonds is 5. The molecule has 3 rings (SSSR count). The summed E-state index contributed by atoms with van der Waals surface area (Å²) in [6, 6.07) is 12.3. The summed E-state index contributed by atoms with van der Waals surface area (Å²) in [7, 11) is 4.10. The standard InChI is InChI=1S/C20H21FN2O/c1-22-18-9-10-19-15(13-18)14-24-20(19,11-4-12-23(2)3)16-5-7-17(21)8-6-16/h5-10,13H,4,11-12,14H2,2-3H3/t20-/m1/s1. The Kier molecular flexibility index (Phi) is 4.66. The van der Waals surface area contributed by atoms with E-state index in [9.17, 15) is 4.39 Å². The summed E-state index contributed by atoms with van der Waals surface area (Å²) in [5.74, 6) is -0.247. The van der Waals surface area contributed by atoms with Gasteiger partial charge in [0.1, 0.15) is 11.4 Å². The van der Waals surface area contributed by atoms with E-state index < -0.39 is 5.60 Å². The highest BCUT2D eigenvalue weighted by Crippen LogP contribution is 2.46. The van der Waals surface area contributed by atoms with E-state index in [4.69, 9.17) is 11.3 Å². The molecule has 0 saturated heterocycles. The zero-order valence-corrected chi connectivity index (χ0v) is 14.1. The SMILES string of the molecule is [C-]#[N+]c1ccc2c(c1)CO[C@]2(CCCN(C)C)c1ccc(F)cc1. The average molecular weight is 324 g/mol. The van der Waals surface area contributed by atoms with Crippen molar-refractivity contribution in [3.8, 4) is 0 Å². The van der Waals surface area contributed by atoms with Gasteiger partial charge in [-0.2, -0.15) is 0 Å². The fraction of sp³-hybridized carbons (Fsp3) is 0.350. The third-order valence-electron chi connectivity index (χ3n) is 4.57. The lowest BCUT2D eigenvalue weighted by Crippen LogP contribution is -2.28. The van der Waals surface area contributed by atoms with Crippen molar-refractivity contribution in [3.05, 3.63) is 76.4 Å². The van der Waals surface area contributed by atoms with Crippen LogP contribution >= 0.6 is 0 Å². The number of hydrogen-bond acceptors (Lipinski definition) is 2. The molecule has 3 nitrogen and oxygen atoms in total. The van der Waals surface area contributed by atoms with Crippen LogP contribution in [0.1, 0.15) is 29.5 Å². The van der Waals surface area contributed by atoms with Crippen LogP contribution in [0.4, 0.5) is 10.1 Å². The Labute approximate surface area is 142 Å². The quantitative estimate of drug-likeness (QED) is 0.754. The lowest BCUT2D eigenvalue weighted by molar-refractivity contribution is -0.0140. The Morgan fingerprint density at radius 1 is 1.21 bits per heavy atom. The number of ether oxygens (including phenoxy) is 1. The van der Waals surface area contributed by atoms with Crippen LogP contribution < -0.4 is 0 Å². The van der Waals surface area contributed by atoms with Crippen molar-refractivity contribution in [2.24, 2.45) is 0 Å². The molecule has 2 aromatic rings. The first-order valence-corrected chi connectivity index (χ1v) is 8.11. The first-order chi connectivity index (χ1) is 11.5. The maximum Gasteiger partial charge on any atom is 0.187 e. The van der Waals surface area contributed by atoms with Crippen LogP contribution in [0.3, 0.4) is 0 Å². The molecule has 124 valence electrons. The molecule has 1 aliphatic heterocycles. The predicted molar refractivity (Wildman–Crippen MR) is 92.5 cm³/mol. The number of halogens is 1. The van der Waals surface area contributed by atoms with Gasteiger partial charge >= 0.3 is 0 Å². The van der Waals surface area contributed by atoms with Crippen molar-refractivity contribution in [2.45, 2.75) is 25.0 Å². The second kappa shape index (κ2) is 6.72. The molecule has 1 aliphatic rings. The van der Waals surface area contributed by atoms with E-state index in [2.05, 4.69) is 23.8 Å². The molecule has 1 atom stereocenters. The average Bonchev–Trinajstić information content (AvgIpc) is 2.94. The first-order valence-electron chi connectivity index (χ1n) is 8.11. The molecular weight excluding hydrogens is 303 g/mol. The van der Waals surface area contributed by atoms with Crippen LogP contribution in [0.5, 0.6) is 0 Å². The molecule has 0 aliphatic carbocycles. The van der Waals surface area contributed by atoms with Gasteiger partial charge in [-0.05, 0) is 62.3 Å². The molecule has 0 fully saturated rings. The number of nitrogens with zero attached hydrogens (tertiary/aromatic N) is 2. The van der Waals surface area contributed by atoms with Crippen molar-refractivity contribution in [2.75, 3.05) is 20.6 Å². The fourth-order valence-electron chi connectivity index (χ4n) is 3.40. The lowest BCUT2D eigenvalue weighted by Gasteiger charge is -2.31. The Morgan fingerprint density at radius 3 is 2.62 bits per heavy atom. The molecule has 0 saturated carbocycles. The molecule has 0 aromatic heterocycles. The molecule has 0 radical (unpaired) electrons. The summed E-state index contributed by atoms with van der Waals surface area (Å²) in [6.07, 6.45) is 1.79. The highest BCUT2D eigenvalue weighted by atomic mass is 19.1. The van der Waals surface area contributed by atoms with E-state index in [0.29, 0.717) is 12.3 Å². The Morgan fingerprint density at radius 2 is 1.96 bits per heavy atom. The molecule has 1 heterocycles. The molecule has 0 unspecified atom stereocenters. The Bertz CT molecular complexity index is 764. The molecule has 24 heavy (non-hydrogen) atoms. The molecule has 2 aromatic carbocycles. The zero-order valence-electron chi connectivity index (χ0n) is 14.1. The van der Waals surface area contributed by atoms with Gasteiger partial charge in [0.25, 0.3) is 0 Å². The second-order valence-corrected chi connectivity index (χ2v) is 6.48. The highest BCUT2D eigenvalue weighted by Gasteiger charge is 2.41. The van der Waals surface area contributed by atoms with E-state index in [1.54, 1.807) is 0 Å². The van der Waals surface area contributed by atoms with Gasteiger partial charge in [-0.15, -0.1) is 0 Å². The minimum absolute atomic E-state index is 0.247. The van der Waals surface area contributed by atoms with Gasteiger partial charge in [0.05, 0.1) is 13.2 Å². The fourth-order valence-corrected chi connectivity index (χ4v) is 3.40. The summed E-state index contributed by atoms with van der Waals surface area (Å²) in [5, 5.41) is 0. The minimum Gasteiger partial charge on any atom is -0.361 e. The van der Waals surface area contributed by atoms with Crippen LogP contribution in [0.15, 0.2) is 42.5 Å². The van der Waals surface area contributed by atoms with Crippen molar-refractivity contribution < 1.29 is 9.13 Å². The minimum atomic E-state index is -0.556. The maximum absolute atomic E-state index is 13.4. The topological polar surface area (TPSA) is 16.8 Å². The molecule has 0 spiro atoms.